The van der Waals surface area contributed by atoms with Crippen molar-refractivity contribution in [3.63, 3.8) is 0 Å². The van der Waals surface area contributed by atoms with Crippen LogP contribution in [0.4, 0.5) is 18.9 Å². The van der Waals surface area contributed by atoms with Gasteiger partial charge in [-0.05, 0) is 61.9 Å². The van der Waals surface area contributed by atoms with Gasteiger partial charge in [-0.1, -0.05) is 11.6 Å². The van der Waals surface area contributed by atoms with E-state index in [1.54, 1.807) is 18.2 Å². The van der Waals surface area contributed by atoms with Crippen LogP contribution in [0.2, 0.25) is 5.02 Å². The topological polar surface area (TPSA) is 33.6 Å². The van der Waals surface area contributed by atoms with E-state index in [9.17, 15) is 13.2 Å². The van der Waals surface area contributed by atoms with Crippen LogP contribution in [0.5, 0.6) is 5.75 Å². The second kappa shape index (κ2) is 7.57. The highest BCUT2D eigenvalue weighted by Gasteiger charge is 2.29. The first kappa shape index (κ1) is 18.1. The highest BCUT2D eigenvalue weighted by atomic mass is 35.5. The molecule has 0 aliphatic heterocycles. The number of nitrogens with zero attached hydrogens (tertiary/aromatic N) is 1. The van der Waals surface area contributed by atoms with Crippen LogP contribution >= 0.6 is 11.6 Å². The number of hydrazone groups is 1. The summed E-state index contributed by atoms with van der Waals surface area (Å²) in [5.41, 5.74) is 3.14. The first-order valence-electron chi connectivity index (χ1n) is 7.18. The van der Waals surface area contributed by atoms with Gasteiger partial charge in [0.2, 0.25) is 0 Å². The minimum Gasteiger partial charge on any atom is -0.489 e. The molecule has 128 valence electrons. The lowest BCUT2D eigenvalue weighted by Crippen LogP contribution is -2.06. The maximum absolute atomic E-state index is 12.5. The number of nitrogens with one attached hydrogen (secondary N) is 1. The van der Waals surface area contributed by atoms with Crippen LogP contribution in [0.1, 0.15) is 25.0 Å². The highest BCUT2D eigenvalue weighted by Crippen LogP contribution is 2.30. The van der Waals surface area contributed by atoms with E-state index in [4.69, 9.17) is 16.3 Å². The van der Waals surface area contributed by atoms with Crippen LogP contribution in [0.15, 0.2) is 47.6 Å². The van der Waals surface area contributed by atoms with E-state index in [1.807, 2.05) is 13.8 Å². The molecule has 0 saturated heterocycles. The molecule has 0 atom stereocenters. The Morgan fingerprint density at radius 2 is 1.79 bits per heavy atom. The van der Waals surface area contributed by atoms with Crippen molar-refractivity contribution < 1.29 is 17.9 Å². The average molecular weight is 357 g/mol. The summed E-state index contributed by atoms with van der Waals surface area (Å²) < 4.78 is 42.9. The van der Waals surface area contributed by atoms with Gasteiger partial charge in [-0.2, -0.15) is 18.3 Å². The molecule has 24 heavy (non-hydrogen) atoms. The SMILES string of the molecule is CC(C)Oc1ccc(/C=N/Nc2ccc(C(F)(F)F)cc2)cc1Cl. The molecule has 0 aliphatic rings. The van der Waals surface area contributed by atoms with Crippen molar-refractivity contribution >= 4 is 23.5 Å². The summed E-state index contributed by atoms with van der Waals surface area (Å²) in [7, 11) is 0. The van der Waals surface area contributed by atoms with Crippen LogP contribution < -0.4 is 10.2 Å². The molecule has 2 aromatic rings. The lowest BCUT2D eigenvalue weighted by atomic mass is 10.2. The van der Waals surface area contributed by atoms with Crippen LogP contribution in [-0.2, 0) is 6.18 Å². The largest absolute Gasteiger partial charge is 0.489 e. The van der Waals surface area contributed by atoms with Gasteiger partial charge in [0.1, 0.15) is 5.75 Å². The molecule has 2 aromatic carbocycles. The van der Waals surface area contributed by atoms with Gasteiger partial charge in [0.05, 0.1) is 28.6 Å². The molecule has 0 aromatic heterocycles. The van der Waals surface area contributed by atoms with Crippen LogP contribution in [0.25, 0.3) is 0 Å². The van der Waals surface area contributed by atoms with E-state index in [0.29, 0.717) is 16.5 Å². The van der Waals surface area contributed by atoms with Gasteiger partial charge in [0.25, 0.3) is 0 Å². The van der Waals surface area contributed by atoms with Crippen LogP contribution in [0.3, 0.4) is 0 Å². The molecule has 0 bridgehead atoms. The van der Waals surface area contributed by atoms with Crippen LogP contribution in [0, 0.1) is 0 Å². The second-order valence-corrected chi connectivity index (χ2v) is 5.71. The van der Waals surface area contributed by atoms with E-state index in [-0.39, 0.29) is 6.10 Å². The molecule has 7 heteroatoms. The molecular formula is C17H16ClF3N2O. The minimum atomic E-state index is -4.35. The maximum atomic E-state index is 12.5. The first-order valence-corrected chi connectivity index (χ1v) is 7.56. The van der Waals surface area contributed by atoms with E-state index in [1.165, 1.54) is 18.3 Å². The maximum Gasteiger partial charge on any atom is 0.416 e. The van der Waals surface area contributed by atoms with Gasteiger partial charge in [-0.15, -0.1) is 0 Å². The Morgan fingerprint density at radius 3 is 2.33 bits per heavy atom. The number of ether oxygens (including phenoxy) is 1. The van der Waals surface area contributed by atoms with E-state index < -0.39 is 11.7 Å². The molecule has 2 rings (SSSR count). The Kier molecular flexibility index (Phi) is 5.72. The standard InChI is InChI=1S/C17H16ClF3N2O/c1-11(2)24-16-8-3-12(9-15(16)18)10-22-23-14-6-4-13(5-7-14)17(19,20)21/h3-11,23H,1-2H3/b22-10+. The molecule has 0 fully saturated rings. The van der Waals surface area contributed by atoms with Crippen molar-refractivity contribution in [1.82, 2.24) is 0 Å². The number of hydrogen-bond acceptors (Lipinski definition) is 3. The number of alkyl halides is 3. The van der Waals surface area contributed by atoms with Crippen molar-refractivity contribution in [2.75, 3.05) is 5.43 Å². The summed E-state index contributed by atoms with van der Waals surface area (Å²) in [6.45, 7) is 3.80. The molecule has 0 unspecified atom stereocenters. The zero-order chi connectivity index (χ0) is 17.7. The lowest BCUT2D eigenvalue weighted by molar-refractivity contribution is -0.137. The summed E-state index contributed by atoms with van der Waals surface area (Å²) >= 11 is 6.12. The monoisotopic (exact) mass is 356 g/mol. The van der Waals surface area contributed by atoms with Crippen molar-refractivity contribution in [2.45, 2.75) is 26.1 Å². The molecule has 0 aliphatic carbocycles. The predicted molar refractivity (Wildman–Crippen MR) is 89.9 cm³/mol. The Bertz CT molecular complexity index is 713. The van der Waals surface area contributed by atoms with Crippen molar-refractivity contribution in [3.8, 4) is 5.75 Å². The molecular weight excluding hydrogens is 341 g/mol. The van der Waals surface area contributed by atoms with Gasteiger partial charge in [0, 0.05) is 0 Å². The fraction of sp³-hybridized carbons (Fsp3) is 0.235. The zero-order valence-corrected chi connectivity index (χ0v) is 13.8. The van der Waals surface area contributed by atoms with E-state index in [2.05, 4.69) is 10.5 Å². The Balaban J connectivity index is 2.00. The van der Waals surface area contributed by atoms with Gasteiger partial charge in [0.15, 0.2) is 0 Å². The van der Waals surface area contributed by atoms with Gasteiger partial charge >= 0.3 is 6.18 Å². The highest BCUT2D eigenvalue weighted by molar-refractivity contribution is 6.32. The fourth-order valence-corrected chi connectivity index (χ4v) is 2.10. The molecule has 0 spiro atoms. The van der Waals surface area contributed by atoms with E-state index in [0.717, 1.165) is 17.7 Å². The minimum absolute atomic E-state index is 0.0170. The fourth-order valence-electron chi connectivity index (χ4n) is 1.86. The summed E-state index contributed by atoms with van der Waals surface area (Å²) in [6, 6.07) is 9.82. The smallest absolute Gasteiger partial charge is 0.416 e. The van der Waals surface area contributed by atoms with Crippen molar-refractivity contribution in [2.24, 2.45) is 5.10 Å². The molecule has 0 heterocycles. The lowest BCUT2D eigenvalue weighted by Gasteiger charge is -2.11. The number of hydrogen-bond donors (Lipinski definition) is 1. The summed E-state index contributed by atoms with van der Waals surface area (Å²) in [5.74, 6) is 0.583. The number of rotatable bonds is 5. The van der Waals surface area contributed by atoms with Gasteiger partial charge in [-0.25, -0.2) is 0 Å². The second-order valence-electron chi connectivity index (χ2n) is 5.30. The third-order valence-electron chi connectivity index (χ3n) is 2.94. The van der Waals surface area contributed by atoms with Crippen molar-refractivity contribution in [3.05, 3.63) is 58.6 Å². The zero-order valence-electron chi connectivity index (χ0n) is 13.1. The Hall–Kier alpha value is -2.21. The number of benzene rings is 2. The summed E-state index contributed by atoms with van der Waals surface area (Å²) in [6.07, 6.45) is -2.82. The summed E-state index contributed by atoms with van der Waals surface area (Å²) in [4.78, 5) is 0. The number of anilines is 1. The molecule has 3 nitrogen and oxygen atoms in total. The molecule has 1 N–H and O–H groups in total. The normalized spacial score (nSPS) is 12.0. The van der Waals surface area contributed by atoms with E-state index >= 15 is 0 Å². The van der Waals surface area contributed by atoms with Gasteiger partial charge in [-0.3, -0.25) is 5.43 Å². The van der Waals surface area contributed by atoms with Gasteiger partial charge < -0.3 is 4.74 Å². The molecule has 0 saturated carbocycles. The third kappa shape index (κ3) is 5.16. The Morgan fingerprint density at radius 1 is 1.12 bits per heavy atom. The first-order chi connectivity index (χ1) is 11.3. The Labute approximate surface area is 143 Å². The molecule has 0 amide bonds. The van der Waals surface area contributed by atoms with Crippen LogP contribution in [-0.4, -0.2) is 12.3 Å². The quantitative estimate of drug-likeness (QED) is 0.559. The third-order valence-corrected chi connectivity index (χ3v) is 3.23. The van der Waals surface area contributed by atoms with Crippen molar-refractivity contribution in [1.29, 1.82) is 0 Å². The molecule has 0 radical (unpaired) electrons. The summed E-state index contributed by atoms with van der Waals surface area (Å²) in [5, 5.41) is 4.44. The number of halogens is 4. The average Bonchev–Trinajstić information content (AvgIpc) is 2.49. The predicted octanol–water partition coefficient (Wildman–Crippen LogP) is 5.59.